The molecule has 0 aromatic carbocycles. The maximum Gasteiger partial charge on any atom is 0.247 e. The number of rotatable bonds is 5. The van der Waals surface area contributed by atoms with Crippen molar-refractivity contribution in [3.05, 3.63) is 29.5 Å². The van der Waals surface area contributed by atoms with Gasteiger partial charge in [-0.1, -0.05) is 6.92 Å². The van der Waals surface area contributed by atoms with Crippen molar-refractivity contribution in [2.24, 2.45) is 0 Å². The fourth-order valence-corrected chi connectivity index (χ4v) is 3.84. The molecule has 1 atom stereocenters. The van der Waals surface area contributed by atoms with E-state index < -0.39 is 0 Å². The van der Waals surface area contributed by atoms with Crippen molar-refractivity contribution in [1.82, 2.24) is 24.6 Å². The molecule has 1 aliphatic heterocycles. The Morgan fingerprint density at radius 3 is 2.92 bits per heavy atom. The SMILES string of the molecule is CCC(C(=O)N1CCCN(Cc2cnc(N)s2)CC1)n1cccn1. The Morgan fingerprint density at radius 2 is 2.25 bits per heavy atom. The van der Waals surface area contributed by atoms with Crippen molar-refractivity contribution >= 4 is 22.4 Å². The van der Waals surface area contributed by atoms with E-state index in [1.165, 1.54) is 16.2 Å². The first-order valence-electron chi connectivity index (χ1n) is 8.38. The summed E-state index contributed by atoms with van der Waals surface area (Å²) in [6.45, 7) is 6.30. The van der Waals surface area contributed by atoms with Gasteiger partial charge in [-0.3, -0.25) is 14.4 Å². The van der Waals surface area contributed by atoms with E-state index in [9.17, 15) is 4.79 Å². The van der Waals surface area contributed by atoms with Gasteiger partial charge in [0.15, 0.2) is 5.13 Å². The van der Waals surface area contributed by atoms with Gasteiger partial charge in [0.25, 0.3) is 0 Å². The van der Waals surface area contributed by atoms with Gasteiger partial charge in [-0.15, -0.1) is 11.3 Å². The lowest BCUT2D eigenvalue weighted by molar-refractivity contribution is -0.135. The minimum atomic E-state index is -0.201. The summed E-state index contributed by atoms with van der Waals surface area (Å²) in [6, 6.07) is 1.66. The molecular formula is C16H24N6OS. The summed E-state index contributed by atoms with van der Waals surface area (Å²) >= 11 is 1.53. The lowest BCUT2D eigenvalue weighted by Gasteiger charge is -2.26. The van der Waals surface area contributed by atoms with Crippen LogP contribution in [0.5, 0.6) is 0 Å². The van der Waals surface area contributed by atoms with E-state index in [-0.39, 0.29) is 11.9 Å². The Balaban J connectivity index is 1.59. The molecule has 0 saturated carbocycles. The highest BCUT2D eigenvalue weighted by Crippen LogP contribution is 2.19. The number of hydrogen-bond acceptors (Lipinski definition) is 6. The number of nitrogen functional groups attached to an aromatic ring is 1. The molecular weight excluding hydrogens is 324 g/mol. The topological polar surface area (TPSA) is 80.3 Å². The highest BCUT2D eigenvalue weighted by molar-refractivity contribution is 7.15. The van der Waals surface area contributed by atoms with Crippen LogP contribution in [0.3, 0.4) is 0 Å². The van der Waals surface area contributed by atoms with Crippen LogP contribution in [0.25, 0.3) is 0 Å². The molecule has 2 N–H and O–H groups in total. The second kappa shape index (κ2) is 7.76. The van der Waals surface area contributed by atoms with Gasteiger partial charge in [0.2, 0.25) is 5.91 Å². The summed E-state index contributed by atoms with van der Waals surface area (Å²) in [6.07, 6.45) is 7.17. The maximum absolute atomic E-state index is 12.9. The van der Waals surface area contributed by atoms with Crippen LogP contribution >= 0.6 is 11.3 Å². The fraction of sp³-hybridized carbons (Fsp3) is 0.562. The summed E-state index contributed by atoms with van der Waals surface area (Å²) in [4.78, 5) is 22.5. The normalized spacial score (nSPS) is 17.6. The Morgan fingerprint density at radius 1 is 1.38 bits per heavy atom. The third-order valence-corrected chi connectivity index (χ3v) is 5.18. The molecule has 0 spiro atoms. The molecule has 0 aliphatic carbocycles. The number of amides is 1. The first kappa shape index (κ1) is 16.9. The molecule has 3 rings (SSSR count). The van der Waals surface area contributed by atoms with Crippen LogP contribution in [0.2, 0.25) is 0 Å². The first-order valence-corrected chi connectivity index (χ1v) is 9.19. The van der Waals surface area contributed by atoms with Crippen LogP contribution < -0.4 is 5.73 Å². The van der Waals surface area contributed by atoms with Crippen molar-refractivity contribution in [3.8, 4) is 0 Å². The molecule has 1 amide bonds. The van der Waals surface area contributed by atoms with Crippen LogP contribution in [-0.4, -0.2) is 56.7 Å². The van der Waals surface area contributed by atoms with Crippen LogP contribution in [0.15, 0.2) is 24.7 Å². The van der Waals surface area contributed by atoms with Gasteiger partial charge in [0, 0.05) is 56.2 Å². The van der Waals surface area contributed by atoms with E-state index in [0.717, 1.165) is 45.6 Å². The van der Waals surface area contributed by atoms with Gasteiger partial charge in [0.1, 0.15) is 6.04 Å². The molecule has 24 heavy (non-hydrogen) atoms. The number of nitrogens with two attached hydrogens (primary N) is 1. The zero-order valence-electron chi connectivity index (χ0n) is 14.0. The standard InChI is InChI=1S/C16H24N6OS/c1-2-14(22-8-3-5-19-22)15(23)21-7-4-6-20(9-10-21)12-13-11-18-16(17)24-13/h3,5,8,11,14H,2,4,6-7,9-10,12H2,1H3,(H2,17,18). The quantitative estimate of drug-likeness (QED) is 0.888. The van der Waals surface area contributed by atoms with Gasteiger partial charge >= 0.3 is 0 Å². The fourth-order valence-electron chi connectivity index (χ4n) is 3.12. The zero-order chi connectivity index (χ0) is 16.9. The smallest absolute Gasteiger partial charge is 0.247 e. The van der Waals surface area contributed by atoms with Crippen molar-refractivity contribution in [2.45, 2.75) is 32.4 Å². The maximum atomic E-state index is 12.9. The average molecular weight is 348 g/mol. The van der Waals surface area contributed by atoms with E-state index in [1.807, 2.05) is 30.3 Å². The minimum absolute atomic E-state index is 0.171. The second-order valence-corrected chi connectivity index (χ2v) is 7.18. The highest BCUT2D eigenvalue weighted by atomic mass is 32.1. The Bertz CT molecular complexity index is 655. The zero-order valence-corrected chi connectivity index (χ0v) is 14.8. The van der Waals surface area contributed by atoms with E-state index in [4.69, 9.17) is 5.73 Å². The number of nitrogens with zero attached hydrogens (tertiary/aromatic N) is 5. The molecule has 1 fully saturated rings. The van der Waals surface area contributed by atoms with E-state index in [0.29, 0.717) is 5.13 Å². The van der Waals surface area contributed by atoms with E-state index >= 15 is 0 Å². The first-order chi connectivity index (χ1) is 11.7. The van der Waals surface area contributed by atoms with Crippen LogP contribution in [0.4, 0.5) is 5.13 Å². The van der Waals surface area contributed by atoms with Gasteiger partial charge in [-0.25, -0.2) is 4.98 Å². The predicted octanol–water partition coefficient (Wildman–Crippen LogP) is 1.61. The molecule has 7 nitrogen and oxygen atoms in total. The Kier molecular flexibility index (Phi) is 5.47. The van der Waals surface area contributed by atoms with Gasteiger partial charge in [0.05, 0.1) is 0 Å². The summed E-state index contributed by atoms with van der Waals surface area (Å²) in [7, 11) is 0. The van der Waals surface area contributed by atoms with E-state index in [2.05, 4.69) is 15.0 Å². The van der Waals surface area contributed by atoms with Gasteiger partial charge in [-0.05, 0) is 18.9 Å². The molecule has 0 bridgehead atoms. The number of thiazole rings is 1. The van der Waals surface area contributed by atoms with Crippen molar-refractivity contribution < 1.29 is 4.79 Å². The molecule has 1 aliphatic rings. The number of carbonyl (C=O) groups excluding carboxylic acids is 1. The van der Waals surface area contributed by atoms with Gasteiger partial charge < -0.3 is 10.6 Å². The molecule has 0 radical (unpaired) electrons. The molecule has 130 valence electrons. The summed E-state index contributed by atoms with van der Waals surface area (Å²) in [5.41, 5.74) is 5.70. The lowest BCUT2D eigenvalue weighted by atomic mass is 10.2. The van der Waals surface area contributed by atoms with Crippen LogP contribution in [-0.2, 0) is 11.3 Å². The highest BCUT2D eigenvalue weighted by Gasteiger charge is 2.26. The van der Waals surface area contributed by atoms with Gasteiger partial charge in [-0.2, -0.15) is 5.10 Å². The summed E-state index contributed by atoms with van der Waals surface area (Å²) in [5.74, 6) is 0.171. The van der Waals surface area contributed by atoms with Crippen LogP contribution in [0.1, 0.15) is 30.7 Å². The molecule has 1 saturated heterocycles. The lowest BCUT2D eigenvalue weighted by Crippen LogP contribution is -2.39. The minimum Gasteiger partial charge on any atom is -0.375 e. The Labute approximate surface area is 146 Å². The largest absolute Gasteiger partial charge is 0.375 e. The molecule has 2 aromatic rings. The summed E-state index contributed by atoms with van der Waals surface area (Å²) < 4.78 is 1.77. The Hall–Kier alpha value is -1.93. The van der Waals surface area contributed by atoms with Crippen molar-refractivity contribution in [1.29, 1.82) is 0 Å². The predicted molar refractivity (Wildman–Crippen MR) is 94.6 cm³/mol. The molecule has 3 heterocycles. The van der Waals surface area contributed by atoms with E-state index in [1.54, 1.807) is 10.9 Å². The average Bonchev–Trinajstić information content (AvgIpc) is 3.17. The number of carbonyl (C=O) groups is 1. The summed E-state index contributed by atoms with van der Waals surface area (Å²) in [5, 5.41) is 4.85. The molecule has 1 unspecified atom stereocenters. The second-order valence-electron chi connectivity index (χ2n) is 6.03. The molecule has 8 heteroatoms. The monoisotopic (exact) mass is 348 g/mol. The van der Waals surface area contributed by atoms with Crippen LogP contribution in [0, 0.1) is 0 Å². The molecule has 2 aromatic heterocycles. The van der Waals surface area contributed by atoms with Crippen molar-refractivity contribution in [3.63, 3.8) is 0 Å². The third-order valence-electron chi connectivity index (χ3n) is 4.37. The number of aromatic nitrogens is 3. The number of anilines is 1. The van der Waals surface area contributed by atoms with Crippen molar-refractivity contribution in [2.75, 3.05) is 31.9 Å². The number of hydrogen-bond donors (Lipinski definition) is 1. The third kappa shape index (κ3) is 3.93.